The van der Waals surface area contributed by atoms with Crippen molar-refractivity contribution in [3.05, 3.63) is 65.2 Å². The van der Waals surface area contributed by atoms with E-state index in [4.69, 9.17) is 10.5 Å². The zero-order valence-corrected chi connectivity index (χ0v) is 19.2. The molecule has 3 amide bonds. The van der Waals surface area contributed by atoms with Gasteiger partial charge in [0.1, 0.15) is 5.69 Å². The Kier molecular flexibility index (Phi) is 5.72. The molecule has 0 aliphatic carbocycles. The van der Waals surface area contributed by atoms with Gasteiger partial charge in [0.05, 0.1) is 12.8 Å². The molecule has 0 bridgehead atoms. The average molecular weight is 477 g/mol. The van der Waals surface area contributed by atoms with Crippen molar-refractivity contribution in [3.8, 4) is 11.4 Å². The van der Waals surface area contributed by atoms with E-state index in [-0.39, 0.29) is 29.0 Å². The van der Waals surface area contributed by atoms with Crippen LogP contribution < -0.4 is 20.3 Å². The topological polar surface area (TPSA) is 111 Å². The van der Waals surface area contributed by atoms with Crippen molar-refractivity contribution < 1.29 is 23.5 Å². The highest BCUT2D eigenvalue weighted by Crippen LogP contribution is 2.31. The van der Waals surface area contributed by atoms with Gasteiger partial charge in [0.2, 0.25) is 5.91 Å². The van der Waals surface area contributed by atoms with Crippen molar-refractivity contribution in [2.45, 2.75) is 25.7 Å². The summed E-state index contributed by atoms with van der Waals surface area (Å²) in [5.74, 6) is -1.59. The van der Waals surface area contributed by atoms with Gasteiger partial charge in [-0.05, 0) is 55.7 Å². The van der Waals surface area contributed by atoms with Crippen molar-refractivity contribution >= 4 is 29.1 Å². The van der Waals surface area contributed by atoms with E-state index in [1.54, 1.807) is 21.9 Å². The SMILES string of the molecule is COc1cc(-n2nc(C(N)=O)c3c2C(=O)N(c2ccc(N4CCCCC4=O)cc2)CC3)ccc1F. The molecule has 3 heterocycles. The number of carbonyl (C=O) groups is 3. The molecule has 0 saturated carbocycles. The molecule has 2 aliphatic rings. The summed E-state index contributed by atoms with van der Waals surface area (Å²) in [6.07, 6.45) is 2.76. The van der Waals surface area contributed by atoms with Crippen LogP contribution in [-0.4, -0.2) is 47.7 Å². The molecule has 35 heavy (non-hydrogen) atoms. The number of methoxy groups -OCH3 is 1. The van der Waals surface area contributed by atoms with Crippen LogP contribution in [0.25, 0.3) is 5.69 Å². The molecule has 1 saturated heterocycles. The highest BCUT2D eigenvalue weighted by atomic mass is 19.1. The Bertz CT molecular complexity index is 1330. The van der Waals surface area contributed by atoms with Crippen LogP contribution >= 0.6 is 0 Å². The number of fused-ring (bicyclic) bond motifs is 1. The molecule has 3 aromatic rings. The Morgan fingerprint density at radius 3 is 2.31 bits per heavy atom. The minimum absolute atomic E-state index is 0.00949. The third-order valence-corrected chi connectivity index (χ3v) is 6.43. The van der Waals surface area contributed by atoms with E-state index in [1.165, 1.54) is 30.0 Å². The molecule has 0 radical (unpaired) electrons. The van der Waals surface area contributed by atoms with Crippen LogP contribution in [0, 0.1) is 5.82 Å². The van der Waals surface area contributed by atoms with E-state index < -0.39 is 11.7 Å². The number of nitrogens with two attached hydrogens (primary N) is 1. The predicted octanol–water partition coefficient (Wildman–Crippen LogP) is 2.84. The van der Waals surface area contributed by atoms with Crippen LogP contribution in [0.4, 0.5) is 15.8 Å². The minimum atomic E-state index is -0.745. The van der Waals surface area contributed by atoms with Gasteiger partial charge in [-0.25, -0.2) is 9.07 Å². The number of piperidine rings is 1. The van der Waals surface area contributed by atoms with Gasteiger partial charge in [0.25, 0.3) is 11.8 Å². The van der Waals surface area contributed by atoms with Gasteiger partial charge in [0, 0.05) is 42.5 Å². The first-order valence-electron chi connectivity index (χ1n) is 11.4. The number of halogens is 1. The number of ether oxygens (including phenoxy) is 1. The Balaban J connectivity index is 1.52. The summed E-state index contributed by atoms with van der Waals surface area (Å²) in [6, 6.07) is 11.3. The van der Waals surface area contributed by atoms with Crippen LogP contribution in [0.15, 0.2) is 42.5 Å². The zero-order chi connectivity index (χ0) is 24.7. The van der Waals surface area contributed by atoms with Crippen LogP contribution in [0.3, 0.4) is 0 Å². The minimum Gasteiger partial charge on any atom is -0.494 e. The molecule has 1 aromatic heterocycles. The normalized spacial score (nSPS) is 15.8. The monoisotopic (exact) mass is 477 g/mol. The molecule has 2 aliphatic heterocycles. The van der Waals surface area contributed by atoms with Crippen molar-refractivity contribution in [2.75, 3.05) is 30.0 Å². The highest BCUT2D eigenvalue weighted by molar-refractivity contribution is 6.09. The van der Waals surface area contributed by atoms with Gasteiger partial charge >= 0.3 is 0 Å². The highest BCUT2D eigenvalue weighted by Gasteiger charge is 2.35. The second-order valence-electron chi connectivity index (χ2n) is 8.50. The lowest BCUT2D eigenvalue weighted by Gasteiger charge is -2.29. The second-order valence-corrected chi connectivity index (χ2v) is 8.50. The third kappa shape index (κ3) is 3.90. The standard InChI is InChI=1S/C25H24FN5O4/c1-35-20-14-17(9-10-19(20)26)31-23-18(22(28-31)24(27)33)11-13-30(25(23)34)16-7-5-15(6-8-16)29-12-3-2-4-21(29)32/h5-10,14H,2-4,11-13H2,1H3,(H2,27,33). The van der Waals surface area contributed by atoms with Gasteiger partial charge < -0.3 is 20.3 Å². The fourth-order valence-corrected chi connectivity index (χ4v) is 4.66. The number of amides is 3. The molecule has 180 valence electrons. The van der Waals surface area contributed by atoms with Crippen molar-refractivity contribution in [1.82, 2.24) is 9.78 Å². The quantitative estimate of drug-likeness (QED) is 0.608. The molecule has 10 heteroatoms. The number of primary amides is 1. The summed E-state index contributed by atoms with van der Waals surface area (Å²) < 4.78 is 20.4. The van der Waals surface area contributed by atoms with Crippen LogP contribution in [-0.2, 0) is 11.2 Å². The number of hydrogen-bond acceptors (Lipinski definition) is 5. The first-order chi connectivity index (χ1) is 16.9. The van der Waals surface area contributed by atoms with E-state index in [0.29, 0.717) is 42.9 Å². The summed E-state index contributed by atoms with van der Waals surface area (Å²) in [5.41, 5.74) is 8.01. The van der Waals surface area contributed by atoms with Crippen LogP contribution in [0.2, 0.25) is 0 Å². The van der Waals surface area contributed by atoms with E-state index in [1.807, 2.05) is 12.1 Å². The first kappa shape index (κ1) is 22.6. The molecule has 9 nitrogen and oxygen atoms in total. The number of nitrogens with zero attached hydrogens (tertiary/aromatic N) is 4. The van der Waals surface area contributed by atoms with E-state index in [0.717, 1.165) is 18.5 Å². The molecule has 5 rings (SSSR count). The number of benzene rings is 2. The molecular weight excluding hydrogens is 453 g/mol. The average Bonchev–Trinajstić information content (AvgIpc) is 3.26. The number of hydrogen-bond donors (Lipinski definition) is 1. The van der Waals surface area contributed by atoms with E-state index in [9.17, 15) is 18.8 Å². The second kappa shape index (κ2) is 8.86. The van der Waals surface area contributed by atoms with Gasteiger partial charge in [0.15, 0.2) is 17.3 Å². The van der Waals surface area contributed by atoms with Gasteiger partial charge in [-0.15, -0.1) is 0 Å². The van der Waals surface area contributed by atoms with Crippen molar-refractivity contribution in [2.24, 2.45) is 5.73 Å². The summed E-state index contributed by atoms with van der Waals surface area (Å²) in [7, 11) is 1.34. The van der Waals surface area contributed by atoms with Crippen molar-refractivity contribution in [3.63, 3.8) is 0 Å². The van der Waals surface area contributed by atoms with Gasteiger partial charge in [-0.1, -0.05) is 0 Å². The molecule has 2 aromatic carbocycles. The van der Waals surface area contributed by atoms with Gasteiger partial charge in [-0.2, -0.15) is 5.10 Å². The van der Waals surface area contributed by atoms with Gasteiger partial charge in [-0.3, -0.25) is 14.4 Å². The third-order valence-electron chi connectivity index (χ3n) is 6.43. The summed E-state index contributed by atoms with van der Waals surface area (Å²) >= 11 is 0. The Morgan fingerprint density at radius 1 is 0.971 bits per heavy atom. The lowest BCUT2D eigenvalue weighted by Crippen LogP contribution is -2.39. The molecular formula is C25H24FN5O4. The van der Waals surface area contributed by atoms with Crippen molar-refractivity contribution in [1.29, 1.82) is 0 Å². The summed E-state index contributed by atoms with van der Waals surface area (Å²) in [4.78, 5) is 41.3. The summed E-state index contributed by atoms with van der Waals surface area (Å²) in [5, 5.41) is 4.30. The number of carbonyl (C=O) groups excluding carboxylic acids is 3. The Hall–Kier alpha value is -4.21. The molecule has 2 N–H and O–H groups in total. The van der Waals surface area contributed by atoms with Crippen LogP contribution in [0.5, 0.6) is 5.75 Å². The Morgan fingerprint density at radius 2 is 1.66 bits per heavy atom. The molecule has 0 atom stereocenters. The molecule has 1 fully saturated rings. The largest absolute Gasteiger partial charge is 0.494 e. The maximum Gasteiger partial charge on any atom is 0.277 e. The van der Waals surface area contributed by atoms with E-state index >= 15 is 0 Å². The maximum absolute atomic E-state index is 14.0. The van der Waals surface area contributed by atoms with E-state index in [2.05, 4.69) is 5.10 Å². The lowest BCUT2D eigenvalue weighted by atomic mass is 10.0. The number of rotatable bonds is 5. The summed E-state index contributed by atoms with van der Waals surface area (Å²) in [6.45, 7) is 1.01. The number of anilines is 2. The number of aromatic nitrogens is 2. The maximum atomic E-state index is 14.0. The Labute approximate surface area is 200 Å². The first-order valence-corrected chi connectivity index (χ1v) is 11.4. The fourth-order valence-electron chi connectivity index (χ4n) is 4.66. The van der Waals surface area contributed by atoms with Crippen LogP contribution in [0.1, 0.15) is 45.8 Å². The smallest absolute Gasteiger partial charge is 0.277 e. The molecule has 0 unspecified atom stereocenters. The lowest BCUT2D eigenvalue weighted by molar-refractivity contribution is -0.119. The molecule has 0 spiro atoms. The predicted molar refractivity (Wildman–Crippen MR) is 127 cm³/mol. The zero-order valence-electron chi connectivity index (χ0n) is 19.2. The fraction of sp³-hybridized carbons (Fsp3) is 0.280.